The molecule has 0 atom stereocenters. The lowest BCUT2D eigenvalue weighted by atomic mass is 10.1. The van der Waals surface area contributed by atoms with E-state index >= 15 is 0 Å². The number of phenolic OH excluding ortho intramolecular Hbond substituents is 1. The molecule has 0 saturated heterocycles. The molecular formula is C8H6ClIO3. The summed E-state index contributed by atoms with van der Waals surface area (Å²) in [5.41, 5.74) is 0.591. The number of alkyl halides is 1. The molecule has 2 N–H and O–H groups in total. The van der Waals surface area contributed by atoms with E-state index in [9.17, 15) is 9.90 Å². The highest BCUT2D eigenvalue weighted by Gasteiger charge is 2.12. The topological polar surface area (TPSA) is 57.5 Å². The Morgan fingerprint density at radius 2 is 2.15 bits per heavy atom. The van der Waals surface area contributed by atoms with Crippen LogP contribution in [0.2, 0.25) is 5.02 Å². The Balaban J connectivity index is 3.30. The predicted molar refractivity (Wildman–Crippen MR) is 57.8 cm³/mol. The van der Waals surface area contributed by atoms with Crippen LogP contribution in [0.3, 0.4) is 0 Å². The zero-order valence-electron chi connectivity index (χ0n) is 6.42. The largest absolute Gasteiger partial charge is 0.508 e. The average molecular weight is 312 g/mol. The van der Waals surface area contributed by atoms with Crippen molar-refractivity contribution >= 4 is 40.2 Å². The van der Waals surface area contributed by atoms with E-state index in [4.69, 9.17) is 16.7 Å². The molecule has 3 nitrogen and oxygen atoms in total. The van der Waals surface area contributed by atoms with Gasteiger partial charge in [-0.25, -0.2) is 4.79 Å². The number of hydrogen-bond acceptors (Lipinski definition) is 2. The first-order valence-corrected chi connectivity index (χ1v) is 5.27. The lowest BCUT2D eigenvalue weighted by molar-refractivity contribution is 0.0697. The third-order valence-corrected chi connectivity index (χ3v) is 2.68. The average Bonchev–Trinajstić information content (AvgIpc) is 2.03. The molecule has 0 unspecified atom stereocenters. The second kappa shape index (κ2) is 4.15. The summed E-state index contributed by atoms with van der Waals surface area (Å²) >= 11 is 7.64. The molecular weight excluding hydrogens is 306 g/mol. The number of rotatable bonds is 2. The minimum Gasteiger partial charge on any atom is -0.508 e. The lowest BCUT2D eigenvalue weighted by Crippen LogP contribution is -1.98. The summed E-state index contributed by atoms with van der Waals surface area (Å²) in [5.74, 6) is -1.06. The summed E-state index contributed by atoms with van der Waals surface area (Å²) in [6.07, 6.45) is 0. The van der Waals surface area contributed by atoms with Crippen LogP contribution in [0.25, 0.3) is 0 Å². The number of benzene rings is 1. The third kappa shape index (κ3) is 2.25. The van der Waals surface area contributed by atoms with Crippen molar-refractivity contribution in [2.75, 3.05) is 0 Å². The highest BCUT2D eigenvalue weighted by atomic mass is 127. The van der Waals surface area contributed by atoms with Gasteiger partial charge in [0.05, 0.1) is 10.6 Å². The van der Waals surface area contributed by atoms with Gasteiger partial charge in [0.2, 0.25) is 0 Å². The highest BCUT2D eigenvalue weighted by molar-refractivity contribution is 14.1. The molecule has 13 heavy (non-hydrogen) atoms. The molecule has 0 aliphatic carbocycles. The Kier molecular flexibility index (Phi) is 3.38. The zero-order valence-corrected chi connectivity index (χ0v) is 9.33. The van der Waals surface area contributed by atoms with Crippen LogP contribution < -0.4 is 0 Å². The number of carbonyl (C=O) groups is 1. The maximum atomic E-state index is 10.6. The number of hydrogen-bond donors (Lipinski definition) is 2. The molecule has 0 spiro atoms. The van der Waals surface area contributed by atoms with E-state index in [1.807, 2.05) is 22.6 Å². The molecule has 0 fully saturated rings. The number of carboxylic acids is 1. The predicted octanol–water partition coefficient (Wildman–Crippen LogP) is 2.68. The third-order valence-electron chi connectivity index (χ3n) is 1.54. The number of phenols is 1. The SMILES string of the molecule is O=C(O)c1cc(CI)c(O)cc1Cl. The summed E-state index contributed by atoms with van der Waals surface area (Å²) in [5, 5.41) is 18.1. The lowest BCUT2D eigenvalue weighted by Gasteiger charge is -2.04. The quantitative estimate of drug-likeness (QED) is 0.652. The normalized spacial score (nSPS) is 10.0. The van der Waals surface area contributed by atoms with E-state index in [1.54, 1.807) is 0 Å². The Labute approximate surface area is 93.5 Å². The van der Waals surface area contributed by atoms with Crippen LogP contribution in [0.1, 0.15) is 15.9 Å². The van der Waals surface area contributed by atoms with Gasteiger partial charge in [0.15, 0.2) is 0 Å². The number of halogens is 2. The maximum absolute atomic E-state index is 10.6. The smallest absolute Gasteiger partial charge is 0.337 e. The Morgan fingerprint density at radius 1 is 1.54 bits per heavy atom. The van der Waals surface area contributed by atoms with Gasteiger partial charge in [0.25, 0.3) is 0 Å². The Morgan fingerprint density at radius 3 is 2.62 bits per heavy atom. The molecule has 0 bridgehead atoms. The molecule has 1 aromatic rings. The van der Waals surface area contributed by atoms with Crippen molar-refractivity contribution < 1.29 is 15.0 Å². The molecule has 5 heteroatoms. The van der Waals surface area contributed by atoms with Gasteiger partial charge < -0.3 is 10.2 Å². The molecule has 0 heterocycles. The fraction of sp³-hybridized carbons (Fsp3) is 0.125. The van der Waals surface area contributed by atoms with Crippen molar-refractivity contribution in [1.82, 2.24) is 0 Å². The van der Waals surface area contributed by atoms with Crippen molar-refractivity contribution in [3.63, 3.8) is 0 Å². The molecule has 1 rings (SSSR count). The summed E-state index contributed by atoms with van der Waals surface area (Å²) in [4.78, 5) is 10.6. The van der Waals surface area contributed by atoms with Gasteiger partial charge in [-0.3, -0.25) is 0 Å². The van der Waals surface area contributed by atoms with Gasteiger partial charge in [-0.05, 0) is 12.1 Å². The second-order valence-electron chi connectivity index (χ2n) is 2.40. The van der Waals surface area contributed by atoms with Crippen LogP contribution in [0.15, 0.2) is 12.1 Å². The standard InChI is InChI=1S/C8H6ClIO3/c9-6-2-7(11)4(3-10)1-5(6)8(12)13/h1-2,11H,3H2,(H,12,13). The minimum atomic E-state index is -1.09. The first-order valence-electron chi connectivity index (χ1n) is 3.37. The van der Waals surface area contributed by atoms with Crippen LogP contribution in [0, 0.1) is 0 Å². The van der Waals surface area contributed by atoms with Crippen molar-refractivity contribution in [2.24, 2.45) is 0 Å². The van der Waals surface area contributed by atoms with Crippen LogP contribution in [0.4, 0.5) is 0 Å². The van der Waals surface area contributed by atoms with E-state index in [0.29, 0.717) is 9.99 Å². The van der Waals surface area contributed by atoms with Crippen molar-refractivity contribution in [1.29, 1.82) is 0 Å². The summed E-state index contributed by atoms with van der Waals surface area (Å²) in [6.45, 7) is 0. The van der Waals surface area contributed by atoms with Crippen LogP contribution >= 0.6 is 34.2 Å². The van der Waals surface area contributed by atoms with Gasteiger partial charge in [-0.15, -0.1) is 0 Å². The fourth-order valence-corrected chi connectivity index (χ4v) is 1.73. The molecule has 0 saturated carbocycles. The molecule has 0 radical (unpaired) electrons. The van der Waals surface area contributed by atoms with E-state index in [-0.39, 0.29) is 16.3 Å². The first kappa shape index (κ1) is 10.6. The first-order chi connectivity index (χ1) is 6.06. The Hall–Kier alpha value is -0.490. The molecule has 0 aliphatic heterocycles. The second-order valence-corrected chi connectivity index (χ2v) is 3.57. The van der Waals surface area contributed by atoms with Gasteiger partial charge in [0, 0.05) is 9.99 Å². The zero-order chi connectivity index (χ0) is 10.0. The van der Waals surface area contributed by atoms with E-state index < -0.39 is 5.97 Å². The van der Waals surface area contributed by atoms with Gasteiger partial charge in [0.1, 0.15) is 5.75 Å². The van der Waals surface area contributed by atoms with Gasteiger partial charge in [-0.2, -0.15) is 0 Å². The summed E-state index contributed by atoms with van der Waals surface area (Å²) in [6, 6.07) is 2.63. The minimum absolute atomic E-state index is 0.0196. The van der Waals surface area contributed by atoms with E-state index in [1.165, 1.54) is 12.1 Å². The molecule has 0 aliphatic rings. The van der Waals surface area contributed by atoms with Gasteiger partial charge in [-0.1, -0.05) is 34.2 Å². The van der Waals surface area contributed by atoms with Gasteiger partial charge >= 0.3 is 5.97 Å². The summed E-state index contributed by atoms with van der Waals surface area (Å²) in [7, 11) is 0. The summed E-state index contributed by atoms with van der Waals surface area (Å²) < 4.78 is 0.543. The van der Waals surface area contributed by atoms with Crippen molar-refractivity contribution in [3.8, 4) is 5.75 Å². The number of aromatic carboxylic acids is 1. The van der Waals surface area contributed by atoms with Crippen LogP contribution in [0.5, 0.6) is 5.75 Å². The monoisotopic (exact) mass is 312 g/mol. The van der Waals surface area contributed by atoms with Crippen molar-refractivity contribution in [2.45, 2.75) is 4.43 Å². The van der Waals surface area contributed by atoms with E-state index in [0.717, 1.165) is 0 Å². The van der Waals surface area contributed by atoms with E-state index in [2.05, 4.69) is 0 Å². The number of aromatic hydroxyl groups is 1. The fourth-order valence-electron chi connectivity index (χ4n) is 0.879. The van der Waals surface area contributed by atoms with Crippen LogP contribution in [-0.4, -0.2) is 16.2 Å². The molecule has 1 aromatic carbocycles. The molecule has 0 aromatic heterocycles. The van der Waals surface area contributed by atoms with Crippen LogP contribution in [-0.2, 0) is 4.43 Å². The Bertz CT molecular complexity index is 351. The number of carboxylic acid groups (broad SMARTS) is 1. The molecule has 0 amide bonds. The van der Waals surface area contributed by atoms with Crippen molar-refractivity contribution in [3.05, 3.63) is 28.3 Å². The molecule has 70 valence electrons. The maximum Gasteiger partial charge on any atom is 0.337 e. The highest BCUT2D eigenvalue weighted by Crippen LogP contribution is 2.27.